The van der Waals surface area contributed by atoms with Crippen molar-refractivity contribution in [3.05, 3.63) is 66.6 Å². The molecule has 0 spiro atoms. The molecular weight excluding hydrogens is 261 g/mol. The van der Waals surface area contributed by atoms with Crippen LogP contribution in [0.1, 0.15) is 0 Å². The zero-order valence-corrected chi connectivity index (χ0v) is 10.7. The topological polar surface area (TPSA) is 30.0 Å². The van der Waals surface area contributed by atoms with Gasteiger partial charge in [0.1, 0.15) is 5.82 Å². The smallest absolute Gasteiger partial charge is 0.123 e. The number of aromatic nitrogens is 1. The van der Waals surface area contributed by atoms with Crippen LogP contribution in [-0.4, -0.2) is 9.19 Å². The zero-order chi connectivity index (χ0) is 13.2. The van der Waals surface area contributed by atoms with E-state index < -0.39 is 10.8 Å². The number of pyridine rings is 1. The summed E-state index contributed by atoms with van der Waals surface area (Å²) in [4.78, 5) is 5.51. The van der Waals surface area contributed by atoms with Crippen LogP contribution in [0.4, 0.5) is 4.39 Å². The minimum Gasteiger partial charge on any atom is -0.256 e. The van der Waals surface area contributed by atoms with Crippen molar-refractivity contribution in [2.45, 2.75) is 9.79 Å². The zero-order valence-electron chi connectivity index (χ0n) is 9.92. The molecule has 0 fully saturated rings. The highest BCUT2D eigenvalue weighted by Gasteiger charge is 2.11. The van der Waals surface area contributed by atoms with Gasteiger partial charge in [-0.25, -0.2) is 8.60 Å². The van der Waals surface area contributed by atoms with E-state index in [-0.39, 0.29) is 5.82 Å². The number of fused-ring (bicyclic) bond motifs is 1. The van der Waals surface area contributed by atoms with E-state index in [1.165, 1.54) is 12.1 Å². The molecule has 2 nitrogen and oxygen atoms in total. The molecule has 0 aliphatic carbocycles. The molecule has 0 saturated heterocycles. The van der Waals surface area contributed by atoms with Crippen molar-refractivity contribution in [2.24, 2.45) is 0 Å². The minimum atomic E-state index is -1.34. The van der Waals surface area contributed by atoms with E-state index in [0.717, 1.165) is 10.9 Å². The lowest BCUT2D eigenvalue weighted by molar-refractivity contribution is 0.626. The third-order valence-corrected chi connectivity index (χ3v) is 4.29. The quantitative estimate of drug-likeness (QED) is 0.713. The van der Waals surface area contributed by atoms with E-state index in [9.17, 15) is 8.60 Å². The van der Waals surface area contributed by atoms with E-state index in [0.29, 0.717) is 9.79 Å². The largest absolute Gasteiger partial charge is 0.256 e. The lowest BCUT2D eigenvalue weighted by Crippen LogP contribution is -1.95. The molecule has 0 aliphatic heterocycles. The number of hydrogen-bond acceptors (Lipinski definition) is 2. The molecule has 1 heterocycles. The summed E-state index contributed by atoms with van der Waals surface area (Å²) in [5.41, 5.74) is 0.801. The predicted octanol–water partition coefficient (Wildman–Crippen LogP) is 3.54. The molecular formula is C15H10FNOS. The average Bonchev–Trinajstić information content (AvgIpc) is 2.47. The van der Waals surface area contributed by atoms with E-state index >= 15 is 0 Å². The fraction of sp³-hybridized carbons (Fsp3) is 0. The monoisotopic (exact) mass is 271 g/mol. The Morgan fingerprint density at radius 2 is 1.68 bits per heavy atom. The first-order valence-corrected chi connectivity index (χ1v) is 6.92. The van der Waals surface area contributed by atoms with Gasteiger partial charge in [-0.15, -0.1) is 0 Å². The third-order valence-electron chi connectivity index (χ3n) is 2.84. The summed E-state index contributed by atoms with van der Waals surface area (Å²) >= 11 is 0. The van der Waals surface area contributed by atoms with Gasteiger partial charge in [0.15, 0.2) is 0 Å². The molecule has 3 aromatic rings. The third kappa shape index (κ3) is 2.27. The molecule has 0 radical (unpaired) electrons. The summed E-state index contributed by atoms with van der Waals surface area (Å²) in [5, 5.41) is 0.854. The highest BCUT2D eigenvalue weighted by atomic mass is 32.2. The Balaban J connectivity index is 2.14. The van der Waals surface area contributed by atoms with Crippen LogP contribution in [0.25, 0.3) is 10.9 Å². The van der Waals surface area contributed by atoms with Gasteiger partial charge in [0.05, 0.1) is 21.2 Å². The van der Waals surface area contributed by atoms with Crippen LogP contribution in [0.3, 0.4) is 0 Å². The summed E-state index contributed by atoms with van der Waals surface area (Å²) in [6.07, 6.45) is 1.64. The highest BCUT2D eigenvalue weighted by molar-refractivity contribution is 7.85. The lowest BCUT2D eigenvalue weighted by atomic mass is 10.2. The van der Waals surface area contributed by atoms with Gasteiger partial charge >= 0.3 is 0 Å². The number of para-hydroxylation sites is 1. The van der Waals surface area contributed by atoms with Crippen molar-refractivity contribution in [1.29, 1.82) is 0 Å². The molecule has 2 aromatic carbocycles. The van der Waals surface area contributed by atoms with Crippen molar-refractivity contribution >= 4 is 21.7 Å². The maximum absolute atomic E-state index is 12.9. The second-order valence-electron chi connectivity index (χ2n) is 4.05. The van der Waals surface area contributed by atoms with Gasteiger partial charge in [-0.05, 0) is 36.4 Å². The normalized spacial score (nSPS) is 12.5. The first-order chi connectivity index (χ1) is 9.25. The van der Waals surface area contributed by atoms with Crippen molar-refractivity contribution in [2.75, 3.05) is 0 Å². The maximum Gasteiger partial charge on any atom is 0.123 e. The molecule has 0 bridgehead atoms. The molecule has 3 rings (SSSR count). The Bertz CT molecular complexity index is 750. The molecule has 1 unspecified atom stereocenters. The predicted molar refractivity (Wildman–Crippen MR) is 72.8 cm³/mol. The number of hydrogen-bond donors (Lipinski definition) is 0. The van der Waals surface area contributed by atoms with Gasteiger partial charge in [-0.2, -0.15) is 0 Å². The maximum atomic E-state index is 12.9. The number of rotatable bonds is 2. The van der Waals surface area contributed by atoms with E-state index in [1.807, 2.05) is 24.3 Å². The van der Waals surface area contributed by atoms with Gasteiger partial charge in [0.25, 0.3) is 0 Å². The molecule has 1 atom stereocenters. The Labute approximate surface area is 112 Å². The summed E-state index contributed by atoms with van der Waals surface area (Å²) in [6.45, 7) is 0. The molecule has 19 heavy (non-hydrogen) atoms. The minimum absolute atomic E-state index is 0.333. The van der Waals surface area contributed by atoms with Crippen LogP contribution in [0, 0.1) is 5.82 Å². The summed E-state index contributed by atoms with van der Waals surface area (Å²) in [6, 6.07) is 15.0. The van der Waals surface area contributed by atoms with Crippen molar-refractivity contribution in [1.82, 2.24) is 4.98 Å². The number of halogens is 1. The lowest BCUT2D eigenvalue weighted by Gasteiger charge is -2.06. The van der Waals surface area contributed by atoms with Gasteiger partial charge in [0, 0.05) is 16.5 Å². The Hall–Kier alpha value is -2.07. The molecule has 0 amide bonds. The summed E-state index contributed by atoms with van der Waals surface area (Å²) in [7, 11) is -1.34. The van der Waals surface area contributed by atoms with Crippen LogP contribution >= 0.6 is 0 Å². The van der Waals surface area contributed by atoms with E-state index in [4.69, 9.17) is 0 Å². The summed E-state index contributed by atoms with van der Waals surface area (Å²) < 4.78 is 25.4. The molecule has 4 heteroatoms. The van der Waals surface area contributed by atoms with Crippen molar-refractivity contribution in [3.63, 3.8) is 0 Å². The molecule has 0 aliphatic rings. The molecule has 0 N–H and O–H groups in total. The fourth-order valence-corrected chi connectivity index (χ4v) is 3.11. The van der Waals surface area contributed by atoms with Crippen molar-refractivity contribution in [3.8, 4) is 0 Å². The van der Waals surface area contributed by atoms with Crippen LogP contribution in [0.5, 0.6) is 0 Å². The Kier molecular flexibility index (Phi) is 3.09. The Morgan fingerprint density at radius 3 is 2.47 bits per heavy atom. The second-order valence-corrected chi connectivity index (χ2v) is 5.50. The second kappa shape index (κ2) is 4.90. The number of nitrogens with zero attached hydrogens (tertiary/aromatic N) is 1. The SMILES string of the molecule is O=S(c1ccc(F)cc1)c1ccnc2ccccc12. The van der Waals surface area contributed by atoms with Gasteiger partial charge < -0.3 is 0 Å². The van der Waals surface area contributed by atoms with Gasteiger partial charge in [-0.3, -0.25) is 4.98 Å². The average molecular weight is 271 g/mol. The molecule has 0 saturated carbocycles. The van der Waals surface area contributed by atoms with E-state index in [1.54, 1.807) is 24.4 Å². The molecule has 94 valence electrons. The number of benzene rings is 2. The van der Waals surface area contributed by atoms with Crippen LogP contribution < -0.4 is 0 Å². The standard InChI is InChI=1S/C15H10FNOS/c16-11-5-7-12(8-6-11)19(18)15-9-10-17-14-4-2-1-3-13(14)15/h1-10H. The first kappa shape index (κ1) is 12.0. The fourth-order valence-electron chi connectivity index (χ4n) is 1.92. The van der Waals surface area contributed by atoms with E-state index in [2.05, 4.69) is 4.98 Å². The highest BCUT2D eigenvalue weighted by Crippen LogP contribution is 2.23. The van der Waals surface area contributed by atoms with Gasteiger partial charge in [0.2, 0.25) is 0 Å². The van der Waals surface area contributed by atoms with Gasteiger partial charge in [-0.1, -0.05) is 18.2 Å². The summed E-state index contributed by atoms with van der Waals surface area (Å²) in [5.74, 6) is -0.333. The van der Waals surface area contributed by atoms with Crippen molar-refractivity contribution < 1.29 is 8.60 Å². The Morgan fingerprint density at radius 1 is 0.947 bits per heavy atom. The molecule has 1 aromatic heterocycles. The first-order valence-electron chi connectivity index (χ1n) is 5.77. The van der Waals surface area contributed by atoms with Crippen LogP contribution in [0.2, 0.25) is 0 Å². The van der Waals surface area contributed by atoms with Crippen LogP contribution in [0.15, 0.2) is 70.6 Å². The van der Waals surface area contributed by atoms with Crippen LogP contribution in [-0.2, 0) is 10.8 Å².